The number of pyridine rings is 1. The van der Waals surface area contributed by atoms with Crippen molar-refractivity contribution in [1.29, 1.82) is 0 Å². The van der Waals surface area contributed by atoms with Gasteiger partial charge in [0.1, 0.15) is 0 Å². The highest BCUT2D eigenvalue weighted by Crippen LogP contribution is 2.20. The van der Waals surface area contributed by atoms with Crippen LogP contribution in [0.5, 0.6) is 0 Å². The maximum atomic E-state index is 5.53. The fraction of sp³-hybridized carbons (Fsp3) is 0.625. The molecule has 0 saturated carbocycles. The van der Waals surface area contributed by atoms with Gasteiger partial charge in [0.05, 0.1) is 18.3 Å². The zero-order valence-corrected chi connectivity index (χ0v) is 14.0. The highest BCUT2D eigenvalue weighted by atomic mass is 16.5. The lowest BCUT2D eigenvalue weighted by molar-refractivity contribution is 0.0205. The third-order valence-corrected chi connectivity index (χ3v) is 3.31. The van der Waals surface area contributed by atoms with Crippen LogP contribution in [0.1, 0.15) is 32.2 Å². The Kier molecular flexibility index (Phi) is 6.62. The molecule has 0 spiro atoms. The molecule has 1 aromatic rings. The van der Waals surface area contributed by atoms with Crippen molar-refractivity contribution in [2.75, 3.05) is 20.7 Å². The molecular formula is C16H28N4O. The molecule has 0 aliphatic rings. The average Bonchev–Trinajstić information content (AvgIpc) is 2.41. The van der Waals surface area contributed by atoms with E-state index in [1.54, 1.807) is 14.2 Å². The minimum Gasteiger partial charge on any atom is -0.379 e. The molecule has 0 amide bonds. The maximum Gasteiger partial charge on any atom is 0.191 e. The van der Waals surface area contributed by atoms with E-state index in [0.29, 0.717) is 13.1 Å². The van der Waals surface area contributed by atoms with Crippen molar-refractivity contribution in [2.45, 2.75) is 40.3 Å². The van der Waals surface area contributed by atoms with Gasteiger partial charge in [-0.1, -0.05) is 26.8 Å². The van der Waals surface area contributed by atoms with Crippen molar-refractivity contribution in [2.24, 2.45) is 10.4 Å². The van der Waals surface area contributed by atoms with E-state index in [9.17, 15) is 0 Å². The SMILES string of the molecule is CN=C(NCc1cccc(C)n1)NCC(OC)C(C)(C)C. The van der Waals surface area contributed by atoms with Crippen LogP contribution in [-0.2, 0) is 11.3 Å². The molecule has 5 heteroatoms. The lowest BCUT2D eigenvalue weighted by Crippen LogP contribution is -2.45. The Morgan fingerprint density at radius 1 is 1.33 bits per heavy atom. The minimum absolute atomic E-state index is 0.0820. The standard InChI is InChI=1S/C16H28N4O/c1-12-8-7-9-13(20-12)10-18-15(17-5)19-11-14(21-6)16(2,3)4/h7-9,14H,10-11H2,1-6H3,(H2,17,18,19). The molecule has 1 aromatic heterocycles. The van der Waals surface area contributed by atoms with Gasteiger partial charge in [0.2, 0.25) is 0 Å². The van der Waals surface area contributed by atoms with Crippen LogP contribution in [0.4, 0.5) is 0 Å². The number of aromatic nitrogens is 1. The van der Waals surface area contributed by atoms with Gasteiger partial charge >= 0.3 is 0 Å². The van der Waals surface area contributed by atoms with Crippen LogP contribution in [0.2, 0.25) is 0 Å². The number of aliphatic imine (C=N–C) groups is 1. The molecule has 0 bridgehead atoms. The molecule has 2 N–H and O–H groups in total. The molecule has 1 heterocycles. The first kappa shape index (κ1) is 17.4. The number of methoxy groups -OCH3 is 1. The van der Waals surface area contributed by atoms with E-state index in [2.05, 4.69) is 41.4 Å². The molecule has 0 aromatic carbocycles. The van der Waals surface area contributed by atoms with E-state index < -0.39 is 0 Å². The number of aryl methyl sites for hydroxylation is 1. The molecule has 0 fully saturated rings. The molecule has 118 valence electrons. The van der Waals surface area contributed by atoms with Gasteiger partial charge in [-0.2, -0.15) is 0 Å². The van der Waals surface area contributed by atoms with Crippen LogP contribution in [-0.4, -0.2) is 37.7 Å². The second-order valence-corrected chi connectivity index (χ2v) is 6.17. The summed E-state index contributed by atoms with van der Waals surface area (Å²) in [4.78, 5) is 8.69. The maximum absolute atomic E-state index is 5.53. The Balaban J connectivity index is 2.49. The van der Waals surface area contributed by atoms with E-state index in [-0.39, 0.29) is 11.5 Å². The van der Waals surface area contributed by atoms with Gasteiger partial charge in [0.25, 0.3) is 0 Å². The molecule has 5 nitrogen and oxygen atoms in total. The molecule has 21 heavy (non-hydrogen) atoms. The van der Waals surface area contributed by atoms with Crippen LogP contribution >= 0.6 is 0 Å². The highest BCUT2D eigenvalue weighted by molar-refractivity contribution is 5.79. The summed E-state index contributed by atoms with van der Waals surface area (Å²) in [7, 11) is 3.50. The van der Waals surface area contributed by atoms with Crippen molar-refractivity contribution in [1.82, 2.24) is 15.6 Å². The van der Waals surface area contributed by atoms with Crippen molar-refractivity contribution in [3.8, 4) is 0 Å². The summed E-state index contributed by atoms with van der Waals surface area (Å²) in [6, 6.07) is 6.00. The molecule has 0 saturated heterocycles. The third-order valence-electron chi connectivity index (χ3n) is 3.31. The Morgan fingerprint density at radius 2 is 2.05 bits per heavy atom. The van der Waals surface area contributed by atoms with E-state index in [0.717, 1.165) is 17.3 Å². The smallest absolute Gasteiger partial charge is 0.191 e. The minimum atomic E-state index is 0.0820. The molecular weight excluding hydrogens is 264 g/mol. The number of ether oxygens (including phenoxy) is 1. The quantitative estimate of drug-likeness (QED) is 0.645. The van der Waals surface area contributed by atoms with Crippen LogP contribution in [0, 0.1) is 12.3 Å². The summed E-state index contributed by atoms with van der Waals surface area (Å²) in [5, 5.41) is 6.56. The molecule has 1 unspecified atom stereocenters. The number of hydrogen-bond donors (Lipinski definition) is 2. The highest BCUT2D eigenvalue weighted by Gasteiger charge is 2.24. The average molecular weight is 292 g/mol. The molecule has 0 radical (unpaired) electrons. The van der Waals surface area contributed by atoms with Crippen molar-refractivity contribution in [3.05, 3.63) is 29.6 Å². The Hall–Kier alpha value is -1.62. The second-order valence-electron chi connectivity index (χ2n) is 6.17. The van der Waals surface area contributed by atoms with Crippen LogP contribution in [0.25, 0.3) is 0 Å². The summed E-state index contributed by atoms with van der Waals surface area (Å²) >= 11 is 0. The van der Waals surface area contributed by atoms with E-state index >= 15 is 0 Å². The molecule has 0 aliphatic heterocycles. The van der Waals surface area contributed by atoms with Gasteiger partial charge in [-0.3, -0.25) is 9.98 Å². The fourth-order valence-corrected chi connectivity index (χ4v) is 2.03. The van der Waals surface area contributed by atoms with Gasteiger partial charge < -0.3 is 15.4 Å². The van der Waals surface area contributed by atoms with Gasteiger partial charge in [-0.05, 0) is 24.5 Å². The van der Waals surface area contributed by atoms with E-state index in [4.69, 9.17) is 4.74 Å². The topological polar surface area (TPSA) is 58.5 Å². The first-order chi connectivity index (χ1) is 9.86. The number of nitrogens with zero attached hydrogens (tertiary/aromatic N) is 2. The summed E-state index contributed by atoms with van der Waals surface area (Å²) in [6.07, 6.45) is 0.119. The van der Waals surface area contributed by atoms with E-state index in [1.807, 2.05) is 25.1 Å². The molecule has 1 atom stereocenters. The summed E-state index contributed by atoms with van der Waals surface area (Å²) in [6.45, 7) is 9.83. The lowest BCUT2D eigenvalue weighted by atomic mass is 9.89. The second kappa shape index (κ2) is 7.98. The summed E-state index contributed by atoms with van der Waals surface area (Å²) in [5.41, 5.74) is 2.10. The lowest BCUT2D eigenvalue weighted by Gasteiger charge is -2.30. The first-order valence-corrected chi connectivity index (χ1v) is 7.26. The van der Waals surface area contributed by atoms with Gasteiger partial charge in [-0.15, -0.1) is 0 Å². The Bertz CT molecular complexity index is 466. The monoisotopic (exact) mass is 292 g/mol. The van der Waals surface area contributed by atoms with Crippen molar-refractivity contribution < 1.29 is 4.74 Å². The van der Waals surface area contributed by atoms with Crippen molar-refractivity contribution in [3.63, 3.8) is 0 Å². The predicted molar refractivity (Wildman–Crippen MR) is 87.4 cm³/mol. The summed E-state index contributed by atoms with van der Waals surface area (Å²) < 4.78 is 5.53. The number of guanidine groups is 1. The van der Waals surface area contributed by atoms with Gasteiger partial charge in [0.15, 0.2) is 5.96 Å². The van der Waals surface area contributed by atoms with Crippen LogP contribution in [0.3, 0.4) is 0 Å². The van der Waals surface area contributed by atoms with Gasteiger partial charge in [0, 0.05) is 26.4 Å². The fourth-order valence-electron chi connectivity index (χ4n) is 2.03. The van der Waals surface area contributed by atoms with E-state index in [1.165, 1.54) is 0 Å². The largest absolute Gasteiger partial charge is 0.379 e. The zero-order chi connectivity index (χ0) is 15.9. The number of hydrogen-bond acceptors (Lipinski definition) is 3. The first-order valence-electron chi connectivity index (χ1n) is 7.26. The normalized spacial score (nSPS) is 13.9. The summed E-state index contributed by atoms with van der Waals surface area (Å²) in [5.74, 6) is 0.754. The van der Waals surface area contributed by atoms with Crippen LogP contribution in [0.15, 0.2) is 23.2 Å². The predicted octanol–water partition coefficient (Wildman–Crippen LogP) is 2.12. The molecule has 0 aliphatic carbocycles. The number of rotatable bonds is 5. The van der Waals surface area contributed by atoms with Crippen LogP contribution < -0.4 is 10.6 Å². The Labute approximate surface area is 128 Å². The number of nitrogens with one attached hydrogen (secondary N) is 2. The van der Waals surface area contributed by atoms with Crippen molar-refractivity contribution >= 4 is 5.96 Å². The van der Waals surface area contributed by atoms with Gasteiger partial charge in [-0.25, -0.2) is 0 Å². The zero-order valence-electron chi connectivity index (χ0n) is 14.0. The Morgan fingerprint density at radius 3 is 2.57 bits per heavy atom. The molecule has 1 rings (SSSR count). The third kappa shape index (κ3) is 6.12.